The number of furan rings is 1. The third-order valence-corrected chi connectivity index (χ3v) is 3.76. The molecule has 2 aromatic rings. The lowest BCUT2D eigenvalue weighted by atomic mass is 10.2. The molecule has 0 spiro atoms. The lowest BCUT2D eigenvalue weighted by Crippen LogP contribution is -2.43. The van der Waals surface area contributed by atoms with E-state index in [2.05, 4.69) is 15.3 Å². The average Bonchev–Trinajstić information content (AvgIpc) is 3.23. The van der Waals surface area contributed by atoms with Crippen LogP contribution in [0.15, 0.2) is 35.1 Å². The topological polar surface area (TPSA) is 71.3 Å². The van der Waals surface area contributed by atoms with Crippen LogP contribution in [0.4, 0.5) is 19.1 Å². The molecule has 0 radical (unpaired) electrons. The van der Waals surface area contributed by atoms with E-state index in [1.54, 1.807) is 12.1 Å². The third-order valence-electron chi connectivity index (χ3n) is 3.76. The molecular weight excluding hydrogens is 325 g/mol. The molecule has 0 aromatic carbocycles. The number of carbonyl (C=O) groups excluding carboxylic acids is 1. The number of nitrogens with zero attached hydrogens (tertiary/aromatic N) is 3. The van der Waals surface area contributed by atoms with Gasteiger partial charge in [-0.2, -0.15) is 13.2 Å². The second-order valence-electron chi connectivity index (χ2n) is 5.39. The normalized spacial score (nSPS) is 18.0. The maximum absolute atomic E-state index is 12.8. The number of carbonyl (C=O) groups is 1. The van der Waals surface area contributed by atoms with E-state index >= 15 is 0 Å². The summed E-state index contributed by atoms with van der Waals surface area (Å²) >= 11 is 0. The SMILES string of the molecule is O=C(NCc1ccco1)[C@@H]1CCCN1c1nccc(C(F)(F)F)n1. The van der Waals surface area contributed by atoms with Gasteiger partial charge in [0.15, 0.2) is 0 Å². The van der Waals surface area contributed by atoms with Crippen molar-refractivity contribution >= 4 is 11.9 Å². The van der Waals surface area contributed by atoms with Gasteiger partial charge >= 0.3 is 6.18 Å². The Balaban J connectivity index is 1.72. The highest BCUT2D eigenvalue weighted by atomic mass is 19.4. The van der Waals surface area contributed by atoms with Crippen molar-refractivity contribution in [2.75, 3.05) is 11.4 Å². The van der Waals surface area contributed by atoms with Crippen molar-refractivity contribution in [3.63, 3.8) is 0 Å². The zero-order valence-electron chi connectivity index (χ0n) is 12.6. The standard InChI is InChI=1S/C15H15F3N4O2/c16-15(17,18)12-5-6-19-14(21-12)22-7-1-4-11(22)13(23)20-9-10-3-2-8-24-10/h2-3,5-6,8,11H,1,4,7,9H2,(H,20,23)/t11-/m0/s1. The van der Waals surface area contributed by atoms with E-state index in [0.29, 0.717) is 25.1 Å². The summed E-state index contributed by atoms with van der Waals surface area (Å²) in [5.74, 6) is 0.230. The highest BCUT2D eigenvalue weighted by Crippen LogP contribution is 2.29. The molecule has 0 aliphatic carbocycles. The Morgan fingerprint density at radius 1 is 1.42 bits per heavy atom. The lowest BCUT2D eigenvalue weighted by Gasteiger charge is -2.24. The van der Waals surface area contributed by atoms with E-state index in [4.69, 9.17) is 4.42 Å². The zero-order chi connectivity index (χ0) is 17.2. The van der Waals surface area contributed by atoms with E-state index in [1.807, 2.05) is 0 Å². The molecule has 1 aliphatic rings. The second kappa shape index (κ2) is 6.50. The summed E-state index contributed by atoms with van der Waals surface area (Å²) in [7, 11) is 0. The van der Waals surface area contributed by atoms with Crippen molar-refractivity contribution in [2.24, 2.45) is 0 Å². The average molecular weight is 340 g/mol. The molecule has 128 valence electrons. The number of alkyl halides is 3. The number of aromatic nitrogens is 2. The monoisotopic (exact) mass is 340 g/mol. The van der Waals surface area contributed by atoms with Gasteiger partial charge in [0, 0.05) is 12.7 Å². The predicted molar refractivity (Wildman–Crippen MR) is 78.0 cm³/mol. The Labute approximate surface area is 135 Å². The summed E-state index contributed by atoms with van der Waals surface area (Å²) in [5, 5.41) is 2.72. The van der Waals surface area contributed by atoms with Gasteiger partial charge in [-0.3, -0.25) is 4.79 Å². The van der Waals surface area contributed by atoms with E-state index in [0.717, 1.165) is 12.3 Å². The van der Waals surface area contributed by atoms with Crippen LogP contribution in [0.5, 0.6) is 0 Å². The number of hydrogen-bond acceptors (Lipinski definition) is 5. The second-order valence-corrected chi connectivity index (χ2v) is 5.39. The molecule has 1 N–H and O–H groups in total. The highest BCUT2D eigenvalue weighted by molar-refractivity contribution is 5.85. The smallest absolute Gasteiger partial charge is 0.433 e. The number of rotatable bonds is 4. The molecule has 1 fully saturated rings. The molecule has 1 atom stereocenters. The molecule has 6 nitrogen and oxygen atoms in total. The van der Waals surface area contributed by atoms with Crippen LogP contribution in [0.1, 0.15) is 24.3 Å². The number of amides is 1. The van der Waals surface area contributed by atoms with Crippen LogP contribution in [0, 0.1) is 0 Å². The van der Waals surface area contributed by atoms with Gasteiger partial charge in [0.05, 0.1) is 12.8 Å². The van der Waals surface area contributed by atoms with E-state index in [9.17, 15) is 18.0 Å². The first-order chi connectivity index (χ1) is 11.4. The van der Waals surface area contributed by atoms with E-state index in [-0.39, 0.29) is 18.4 Å². The van der Waals surface area contributed by atoms with Crippen LogP contribution in [0.3, 0.4) is 0 Å². The Bertz CT molecular complexity index is 703. The Morgan fingerprint density at radius 2 is 2.25 bits per heavy atom. The summed E-state index contributed by atoms with van der Waals surface area (Å²) in [6.45, 7) is 0.653. The third kappa shape index (κ3) is 3.50. The molecule has 0 unspecified atom stereocenters. The molecular formula is C15H15F3N4O2. The van der Waals surface area contributed by atoms with Crippen molar-refractivity contribution in [1.29, 1.82) is 0 Å². The minimum absolute atomic E-state index is 0.0829. The van der Waals surface area contributed by atoms with Crippen molar-refractivity contribution in [2.45, 2.75) is 31.6 Å². The maximum Gasteiger partial charge on any atom is 0.433 e. The van der Waals surface area contributed by atoms with Crippen LogP contribution >= 0.6 is 0 Å². The summed E-state index contributed by atoms with van der Waals surface area (Å²) in [6.07, 6.45) is -0.780. The van der Waals surface area contributed by atoms with Crippen molar-refractivity contribution < 1.29 is 22.4 Å². The Hall–Kier alpha value is -2.58. The van der Waals surface area contributed by atoms with E-state index < -0.39 is 17.9 Å². The number of nitrogens with one attached hydrogen (secondary N) is 1. The first-order valence-corrected chi connectivity index (χ1v) is 7.42. The molecule has 0 saturated carbocycles. The Kier molecular flexibility index (Phi) is 4.41. The first-order valence-electron chi connectivity index (χ1n) is 7.42. The van der Waals surface area contributed by atoms with Gasteiger partial charge in [0.2, 0.25) is 11.9 Å². The molecule has 24 heavy (non-hydrogen) atoms. The summed E-state index contributed by atoms with van der Waals surface area (Å²) in [6, 6.07) is 3.65. The fourth-order valence-electron chi connectivity index (χ4n) is 2.63. The number of anilines is 1. The lowest BCUT2D eigenvalue weighted by molar-refractivity contribution is -0.141. The van der Waals surface area contributed by atoms with Gasteiger partial charge < -0.3 is 14.6 Å². The van der Waals surface area contributed by atoms with Crippen LogP contribution < -0.4 is 10.2 Å². The quantitative estimate of drug-likeness (QED) is 0.925. The fraction of sp³-hybridized carbons (Fsp3) is 0.400. The minimum Gasteiger partial charge on any atom is -0.467 e. The van der Waals surface area contributed by atoms with Crippen LogP contribution in [-0.4, -0.2) is 28.5 Å². The molecule has 1 amide bonds. The minimum atomic E-state index is -4.55. The molecule has 9 heteroatoms. The van der Waals surface area contributed by atoms with Gasteiger partial charge in [-0.1, -0.05) is 0 Å². The highest BCUT2D eigenvalue weighted by Gasteiger charge is 2.36. The molecule has 0 bridgehead atoms. The Morgan fingerprint density at radius 3 is 2.96 bits per heavy atom. The number of hydrogen-bond donors (Lipinski definition) is 1. The predicted octanol–water partition coefficient (Wildman–Crippen LogP) is 2.37. The van der Waals surface area contributed by atoms with Crippen LogP contribution in [-0.2, 0) is 17.5 Å². The van der Waals surface area contributed by atoms with Gasteiger partial charge in [-0.25, -0.2) is 9.97 Å². The first kappa shape index (κ1) is 16.3. The van der Waals surface area contributed by atoms with Gasteiger partial charge in [0.1, 0.15) is 17.5 Å². The fourth-order valence-corrected chi connectivity index (χ4v) is 2.63. The molecule has 2 aromatic heterocycles. The van der Waals surface area contributed by atoms with E-state index in [1.165, 1.54) is 11.2 Å². The number of halogens is 3. The summed E-state index contributed by atoms with van der Waals surface area (Å²) in [4.78, 5) is 21.3. The maximum atomic E-state index is 12.8. The summed E-state index contributed by atoms with van der Waals surface area (Å²) < 4.78 is 43.5. The van der Waals surface area contributed by atoms with Gasteiger partial charge in [-0.05, 0) is 31.0 Å². The largest absolute Gasteiger partial charge is 0.467 e. The molecule has 3 heterocycles. The van der Waals surface area contributed by atoms with Crippen molar-refractivity contribution in [3.05, 3.63) is 42.1 Å². The summed E-state index contributed by atoms with van der Waals surface area (Å²) in [5.41, 5.74) is -1.02. The van der Waals surface area contributed by atoms with Gasteiger partial charge in [-0.15, -0.1) is 0 Å². The molecule has 3 rings (SSSR count). The molecule has 1 aliphatic heterocycles. The van der Waals surface area contributed by atoms with Crippen LogP contribution in [0.2, 0.25) is 0 Å². The molecule has 1 saturated heterocycles. The van der Waals surface area contributed by atoms with Crippen molar-refractivity contribution in [1.82, 2.24) is 15.3 Å². The van der Waals surface area contributed by atoms with Gasteiger partial charge in [0.25, 0.3) is 0 Å². The van der Waals surface area contributed by atoms with Crippen molar-refractivity contribution in [3.8, 4) is 0 Å². The van der Waals surface area contributed by atoms with Crippen LogP contribution in [0.25, 0.3) is 0 Å². The zero-order valence-corrected chi connectivity index (χ0v) is 12.6.